The highest BCUT2D eigenvalue weighted by Gasteiger charge is 2.10. The molecular weight excluding hydrogens is 364 g/mol. The topological polar surface area (TPSA) is 59.1 Å². The summed E-state index contributed by atoms with van der Waals surface area (Å²) in [5.41, 5.74) is 2.47. The largest absolute Gasteiger partial charge is 0.302 e. The van der Waals surface area contributed by atoms with Crippen LogP contribution >= 0.6 is 22.7 Å². The van der Waals surface area contributed by atoms with Crippen LogP contribution in [-0.2, 0) is 11.2 Å². The van der Waals surface area contributed by atoms with Crippen LogP contribution in [0, 0.1) is 6.92 Å². The number of rotatable bonds is 8. The van der Waals surface area contributed by atoms with Gasteiger partial charge in [-0.2, -0.15) is 0 Å². The van der Waals surface area contributed by atoms with Gasteiger partial charge in [-0.15, -0.1) is 22.7 Å². The van der Waals surface area contributed by atoms with Gasteiger partial charge in [0.15, 0.2) is 10.9 Å². The number of carbonyl (C=O) groups is 2. The highest BCUT2D eigenvalue weighted by atomic mass is 32.1. The lowest BCUT2D eigenvalue weighted by atomic mass is 10.1. The Balaban J connectivity index is 1.44. The summed E-state index contributed by atoms with van der Waals surface area (Å²) in [4.78, 5) is 30.1. The van der Waals surface area contributed by atoms with E-state index in [2.05, 4.69) is 41.5 Å². The van der Waals surface area contributed by atoms with E-state index in [9.17, 15) is 9.59 Å². The highest BCUT2D eigenvalue weighted by Crippen LogP contribution is 2.22. The summed E-state index contributed by atoms with van der Waals surface area (Å²) in [7, 11) is 0. The van der Waals surface area contributed by atoms with Crippen molar-refractivity contribution in [3.8, 4) is 0 Å². The molecule has 4 nitrogen and oxygen atoms in total. The van der Waals surface area contributed by atoms with E-state index < -0.39 is 0 Å². The van der Waals surface area contributed by atoms with E-state index in [0.29, 0.717) is 24.4 Å². The third kappa shape index (κ3) is 5.34. The molecule has 0 spiro atoms. The number of anilines is 1. The number of aromatic nitrogens is 1. The Kier molecular flexibility index (Phi) is 6.30. The molecule has 0 bridgehead atoms. The van der Waals surface area contributed by atoms with E-state index in [1.807, 2.05) is 17.5 Å². The van der Waals surface area contributed by atoms with Crippen LogP contribution in [0.1, 0.15) is 44.9 Å². The maximum atomic E-state index is 12.0. The molecule has 3 rings (SSSR count). The van der Waals surface area contributed by atoms with Crippen LogP contribution in [-0.4, -0.2) is 16.7 Å². The number of carbonyl (C=O) groups excluding carboxylic acids is 2. The third-order valence-corrected chi connectivity index (χ3v) is 5.73. The van der Waals surface area contributed by atoms with Gasteiger partial charge >= 0.3 is 0 Å². The Hall–Kier alpha value is -2.31. The molecule has 0 saturated carbocycles. The fourth-order valence-corrected chi connectivity index (χ4v) is 4.06. The number of thiophene rings is 1. The van der Waals surface area contributed by atoms with Crippen molar-refractivity contribution in [1.29, 1.82) is 0 Å². The molecule has 1 aromatic carbocycles. The SMILES string of the molecule is Cc1ccc(Cc2cnc(NC(=O)CCCC(=O)c3cccs3)s2)cc1. The minimum atomic E-state index is -0.0970. The third-order valence-electron chi connectivity index (χ3n) is 3.90. The Labute approximate surface area is 160 Å². The van der Waals surface area contributed by atoms with Crippen molar-refractivity contribution >= 4 is 39.5 Å². The fraction of sp³-hybridized carbons (Fsp3) is 0.250. The molecule has 6 heteroatoms. The van der Waals surface area contributed by atoms with Crippen LogP contribution in [0.3, 0.4) is 0 Å². The monoisotopic (exact) mass is 384 g/mol. The smallest absolute Gasteiger partial charge is 0.226 e. The maximum absolute atomic E-state index is 12.0. The molecule has 0 saturated heterocycles. The van der Waals surface area contributed by atoms with E-state index in [1.54, 1.807) is 6.20 Å². The van der Waals surface area contributed by atoms with Crippen molar-refractivity contribution in [3.63, 3.8) is 0 Å². The van der Waals surface area contributed by atoms with Crippen molar-refractivity contribution in [2.75, 3.05) is 5.32 Å². The van der Waals surface area contributed by atoms with E-state index in [-0.39, 0.29) is 11.7 Å². The predicted molar refractivity (Wildman–Crippen MR) is 107 cm³/mol. The summed E-state index contributed by atoms with van der Waals surface area (Å²) < 4.78 is 0. The Morgan fingerprint density at radius 1 is 1.12 bits per heavy atom. The number of aryl methyl sites for hydroxylation is 1. The Bertz CT molecular complexity index is 868. The first kappa shape index (κ1) is 18.5. The average molecular weight is 385 g/mol. The molecule has 3 aromatic rings. The zero-order valence-electron chi connectivity index (χ0n) is 14.5. The minimum absolute atomic E-state index is 0.0970. The first-order valence-electron chi connectivity index (χ1n) is 8.47. The zero-order chi connectivity index (χ0) is 18.4. The van der Waals surface area contributed by atoms with Crippen molar-refractivity contribution < 1.29 is 9.59 Å². The molecule has 0 fully saturated rings. The molecule has 0 unspecified atom stereocenters. The molecule has 1 N–H and O–H groups in total. The molecule has 0 aliphatic rings. The van der Waals surface area contributed by atoms with Gasteiger partial charge in [-0.1, -0.05) is 35.9 Å². The number of Topliss-reactive ketones (excluding diaryl/α,β-unsaturated/α-hetero) is 1. The number of hydrogen-bond donors (Lipinski definition) is 1. The lowest BCUT2D eigenvalue weighted by Crippen LogP contribution is -2.11. The van der Waals surface area contributed by atoms with E-state index in [4.69, 9.17) is 0 Å². The minimum Gasteiger partial charge on any atom is -0.302 e. The second kappa shape index (κ2) is 8.87. The van der Waals surface area contributed by atoms with Gasteiger partial charge in [0.25, 0.3) is 0 Å². The molecule has 0 aliphatic carbocycles. The van der Waals surface area contributed by atoms with Crippen molar-refractivity contribution in [2.24, 2.45) is 0 Å². The highest BCUT2D eigenvalue weighted by molar-refractivity contribution is 7.15. The second-order valence-electron chi connectivity index (χ2n) is 6.10. The molecule has 1 amide bonds. The number of nitrogens with one attached hydrogen (secondary N) is 1. The number of benzene rings is 1. The fourth-order valence-electron chi connectivity index (χ4n) is 2.51. The van der Waals surface area contributed by atoms with Crippen LogP contribution < -0.4 is 5.32 Å². The first-order valence-corrected chi connectivity index (χ1v) is 10.2. The van der Waals surface area contributed by atoms with Crippen LogP contribution in [0.15, 0.2) is 48.0 Å². The molecular formula is C20H20N2O2S2. The Morgan fingerprint density at radius 3 is 2.65 bits per heavy atom. The van der Waals surface area contributed by atoms with Gasteiger partial charge in [-0.05, 0) is 30.4 Å². The number of amides is 1. The van der Waals surface area contributed by atoms with Crippen LogP contribution in [0.2, 0.25) is 0 Å². The molecule has 134 valence electrons. The quantitative estimate of drug-likeness (QED) is 0.550. The molecule has 0 aliphatic heterocycles. The normalized spacial score (nSPS) is 10.7. The summed E-state index contributed by atoms with van der Waals surface area (Å²) in [6.45, 7) is 2.07. The number of nitrogens with zero attached hydrogens (tertiary/aromatic N) is 1. The summed E-state index contributed by atoms with van der Waals surface area (Å²) in [5.74, 6) is 0.00245. The van der Waals surface area contributed by atoms with Crippen LogP contribution in [0.25, 0.3) is 0 Å². The van der Waals surface area contributed by atoms with Gasteiger partial charge in [0.1, 0.15) is 0 Å². The molecule has 26 heavy (non-hydrogen) atoms. The van der Waals surface area contributed by atoms with Gasteiger partial charge in [0, 0.05) is 30.3 Å². The molecule has 0 radical (unpaired) electrons. The summed E-state index contributed by atoms with van der Waals surface area (Å²) >= 11 is 2.93. The average Bonchev–Trinajstić information content (AvgIpc) is 3.29. The lowest BCUT2D eigenvalue weighted by molar-refractivity contribution is -0.116. The van der Waals surface area contributed by atoms with Crippen molar-refractivity contribution in [3.05, 3.63) is 68.9 Å². The first-order chi connectivity index (χ1) is 12.6. The van der Waals surface area contributed by atoms with Gasteiger partial charge in [-0.25, -0.2) is 4.98 Å². The molecule has 2 heterocycles. The summed E-state index contributed by atoms with van der Waals surface area (Å²) in [5, 5.41) is 5.32. The van der Waals surface area contributed by atoms with Gasteiger partial charge in [0.2, 0.25) is 5.91 Å². The predicted octanol–water partition coefficient (Wildman–Crippen LogP) is 5.10. The van der Waals surface area contributed by atoms with Gasteiger partial charge < -0.3 is 5.32 Å². The van der Waals surface area contributed by atoms with E-state index in [1.165, 1.54) is 33.8 Å². The maximum Gasteiger partial charge on any atom is 0.226 e. The van der Waals surface area contributed by atoms with Crippen LogP contribution in [0.4, 0.5) is 5.13 Å². The number of ketones is 1. The second-order valence-corrected chi connectivity index (χ2v) is 8.16. The van der Waals surface area contributed by atoms with Gasteiger partial charge in [0.05, 0.1) is 4.88 Å². The summed E-state index contributed by atoms with van der Waals surface area (Å²) in [6, 6.07) is 12.1. The van der Waals surface area contributed by atoms with Gasteiger partial charge in [-0.3, -0.25) is 9.59 Å². The molecule has 2 aromatic heterocycles. The van der Waals surface area contributed by atoms with Crippen molar-refractivity contribution in [2.45, 2.75) is 32.6 Å². The standard InChI is InChI=1S/C20H20N2O2S2/c1-14-7-9-15(10-8-14)12-16-13-21-20(26-16)22-19(24)6-2-4-17(23)18-5-3-11-25-18/h3,5,7-11,13H,2,4,6,12H2,1H3,(H,21,22,24). The number of thiazole rings is 1. The molecule has 0 atom stereocenters. The lowest BCUT2D eigenvalue weighted by Gasteiger charge is -2.01. The summed E-state index contributed by atoms with van der Waals surface area (Å²) in [6.07, 6.45) is 3.88. The number of hydrogen-bond acceptors (Lipinski definition) is 5. The Morgan fingerprint density at radius 2 is 1.92 bits per heavy atom. The van der Waals surface area contributed by atoms with E-state index >= 15 is 0 Å². The van der Waals surface area contributed by atoms with E-state index in [0.717, 1.165) is 16.2 Å². The zero-order valence-corrected chi connectivity index (χ0v) is 16.2. The van der Waals surface area contributed by atoms with Crippen LogP contribution in [0.5, 0.6) is 0 Å². The van der Waals surface area contributed by atoms with Crippen molar-refractivity contribution in [1.82, 2.24) is 4.98 Å².